The van der Waals surface area contributed by atoms with Gasteiger partial charge in [-0.2, -0.15) is 0 Å². The molecule has 3 nitrogen and oxygen atoms in total. The van der Waals surface area contributed by atoms with Crippen molar-refractivity contribution in [1.29, 1.82) is 0 Å². The number of hydrogen-bond acceptors (Lipinski definition) is 3. The molecule has 1 fully saturated rings. The van der Waals surface area contributed by atoms with Crippen LogP contribution in [0.15, 0.2) is 20.1 Å². The molecule has 0 aliphatic heterocycles. The zero-order chi connectivity index (χ0) is 12.3. The summed E-state index contributed by atoms with van der Waals surface area (Å²) in [6, 6.07) is 1.76. The van der Waals surface area contributed by atoms with Crippen LogP contribution < -0.4 is 4.72 Å². The highest BCUT2D eigenvalue weighted by molar-refractivity contribution is 9.10. The Morgan fingerprint density at radius 1 is 1.35 bits per heavy atom. The summed E-state index contributed by atoms with van der Waals surface area (Å²) in [6.45, 7) is 0.576. The van der Waals surface area contributed by atoms with Crippen molar-refractivity contribution in [3.63, 3.8) is 0 Å². The van der Waals surface area contributed by atoms with Crippen molar-refractivity contribution in [2.45, 2.75) is 36.3 Å². The first kappa shape index (κ1) is 13.5. The Bertz CT molecular complexity index is 464. The summed E-state index contributed by atoms with van der Waals surface area (Å²) in [5.41, 5.74) is 0. The molecular weight excluding hydrogens is 322 g/mol. The van der Waals surface area contributed by atoms with Crippen LogP contribution in [0, 0.1) is 5.92 Å². The monoisotopic (exact) mass is 337 g/mol. The van der Waals surface area contributed by atoms with Gasteiger partial charge in [-0.1, -0.05) is 19.3 Å². The molecule has 0 spiro atoms. The first-order chi connectivity index (χ1) is 8.09. The SMILES string of the molecule is O=S(=O)(NCC1CCCCC1)c1sccc1Br. The van der Waals surface area contributed by atoms with E-state index in [4.69, 9.17) is 0 Å². The largest absolute Gasteiger partial charge is 0.251 e. The average Bonchev–Trinajstić information content (AvgIpc) is 2.75. The van der Waals surface area contributed by atoms with E-state index in [-0.39, 0.29) is 0 Å². The Balaban J connectivity index is 1.96. The second kappa shape index (κ2) is 5.82. The lowest BCUT2D eigenvalue weighted by molar-refractivity contribution is 0.357. The van der Waals surface area contributed by atoms with Crippen molar-refractivity contribution in [2.75, 3.05) is 6.54 Å². The van der Waals surface area contributed by atoms with Crippen molar-refractivity contribution in [2.24, 2.45) is 5.92 Å². The van der Waals surface area contributed by atoms with E-state index in [1.165, 1.54) is 30.6 Å². The molecule has 1 aromatic heterocycles. The molecule has 0 radical (unpaired) electrons. The standard InChI is InChI=1S/C11H16BrNO2S2/c12-10-6-7-16-11(10)17(14,15)13-8-9-4-2-1-3-5-9/h6-7,9,13H,1-5,8H2. The van der Waals surface area contributed by atoms with Crippen LogP contribution in [-0.2, 0) is 10.0 Å². The Labute approximate surface area is 115 Å². The van der Waals surface area contributed by atoms with Crippen molar-refractivity contribution in [3.05, 3.63) is 15.9 Å². The maximum absolute atomic E-state index is 12.0. The molecule has 6 heteroatoms. The molecule has 2 rings (SSSR count). The third kappa shape index (κ3) is 3.53. The molecule has 0 atom stereocenters. The number of nitrogens with one attached hydrogen (secondary N) is 1. The maximum atomic E-state index is 12.0. The van der Waals surface area contributed by atoms with Gasteiger partial charge in [0, 0.05) is 11.0 Å². The third-order valence-corrected chi connectivity index (χ3v) is 7.21. The van der Waals surface area contributed by atoms with E-state index >= 15 is 0 Å². The van der Waals surface area contributed by atoms with Crippen molar-refractivity contribution in [3.8, 4) is 0 Å². The Morgan fingerprint density at radius 3 is 2.65 bits per heavy atom. The number of rotatable bonds is 4. The van der Waals surface area contributed by atoms with Crippen molar-refractivity contribution < 1.29 is 8.42 Å². The first-order valence-corrected chi connectivity index (χ1v) is 8.98. The summed E-state index contributed by atoms with van der Waals surface area (Å²) in [6.07, 6.45) is 6.05. The van der Waals surface area contributed by atoms with E-state index in [2.05, 4.69) is 20.7 Å². The molecule has 0 aromatic carbocycles. The topological polar surface area (TPSA) is 46.2 Å². The van der Waals surface area contributed by atoms with Crippen LogP contribution in [0.1, 0.15) is 32.1 Å². The zero-order valence-electron chi connectivity index (χ0n) is 9.49. The summed E-state index contributed by atoms with van der Waals surface area (Å²) in [5.74, 6) is 0.511. The number of sulfonamides is 1. The van der Waals surface area contributed by atoms with E-state index in [0.717, 1.165) is 12.8 Å². The smallest absolute Gasteiger partial charge is 0.210 e. The lowest BCUT2D eigenvalue weighted by Gasteiger charge is -2.21. The minimum atomic E-state index is -3.33. The Kier molecular flexibility index (Phi) is 4.63. The van der Waals surface area contributed by atoms with Crippen molar-refractivity contribution in [1.82, 2.24) is 4.72 Å². The second-order valence-corrected chi connectivity index (χ2v) is 8.14. The molecule has 1 saturated carbocycles. The highest BCUT2D eigenvalue weighted by Crippen LogP contribution is 2.28. The van der Waals surface area contributed by atoms with Gasteiger partial charge in [0.2, 0.25) is 0 Å². The van der Waals surface area contributed by atoms with Gasteiger partial charge >= 0.3 is 0 Å². The lowest BCUT2D eigenvalue weighted by Crippen LogP contribution is -2.30. The number of halogens is 1. The van der Waals surface area contributed by atoms with Gasteiger partial charge < -0.3 is 0 Å². The van der Waals surface area contributed by atoms with Crippen LogP contribution in [0.2, 0.25) is 0 Å². The Hall–Kier alpha value is 0.0900. The van der Waals surface area contributed by atoms with E-state index in [1.807, 2.05) is 0 Å². The summed E-state index contributed by atoms with van der Waals surface area (Å²) in [7, 11) is -3.33. The normalized spacial score (nSPS) is 18.4. The minimum Gasteiger partial charge on any atom is -0.210 e. The molecule has 1 N–H and O–H groups in total. The maximum Gasteiger partial charge on any atom is 0.251 e. The van der Waals surface area contributed by atoms with Gasteiger partial charge in [0.05, 0.1) is 0 Å². The van der Waals surface area contributed by atoms with E-state index < -0.39 is 10.0 Å². The molecule has 0 saturated heterocycles. The highest BCUT2D eigenvalue weighted by atomic mass is 79.9. The van der Waals surface area contributed by atoms with Crippen molar-refractivity contribution >= 4 is 37.3 Å². The van der Waals surface area contributed by atoms with Crippen LogP contribution in [0.5, 0.6) is 0 Å². The summed E-state index contributed by atoms with van der Waals surface area (Å²) >= 11 is 4.51. The molecule has 1 heterocycles. The molecule has 1 aliphatic carbocycles. The highest BCUT2D eigenvalue weighted by Gasteiger charge is 2.21. The molecule has 0 unspecified atom stereocenters. The van der Waals surface area contributed by atoms with Gasteiger partial charge in [-0.15, -0.1) is 11.3 Å². The quantitative estimate of drug-likeness (QED) is 0.915. The van der Waals surface area contributed by atoms with Gasteiger partial charge in [-0.3, -0.25) is 0 Å². The minimum absolute atomic E-state index is 0.383. The van der Waals surface area contributed by atoms with Gasteiger partial charge in [0.15, 0.2) is 0 Å². The lowest BCUT2D eigenvalue weighted by atomic mass is 9.90. The van der Waals surface area contributed by atoms with Crippen LogP contribution in [0.25, 0.3) is 0 Å². The fourth-order valence-electron chi connectivity index (χ4n) is 2.16. The van der Waals surface area contributed by atoms with E-state index in [0.29, 0.717) is 21.1 Å². The fourth-order valence-corrected chi connectivity index (χ4v) is 5.65. The van der Waals surface area contributed by atoms with E-state index in [9.17, 15) is 8.42 Å². The summed E-state index contributed by atoms with van der Waals surface area (Å²) < 4.78 is 27.8. The predicted octanol–water partition coefficient (Wildman–Crippen LogP) is 3.37. The van der Waals surface area contributed by atoms with Gasteiger partial charge in [-0.25, -0.2) is 13.1 Å². The van der Waals surface area contributed by atoms with Crippen LogP contribution in [0.3, 0.4) is 0 Å². The number of thiophene rings is 1. The molecule has 0 bridgehead atoms. The molecule has 17 heavy (non-hydrogen) atoms. The average molecular weight is 338 g/mol. The summed E-state index contributed by atoms with van der Waals surface area (Å²) in [4.78, 5) is 0. The molecule has 1 aromatic rings. The predicted molar refractivity (Wildman–Crippen MR) is 73.8 cm³/mol. The molecular formula is C11H16BrNO2S2. The first-order valence-electron chi connectivity index (χ1n) is 5.82. The van der Waals surface area contributed by atoms with E-state index in [1.54, 1.807) is 11.4 Å². The fraction of sp³-hybridized carbons (Fsp3) is 0.636. The zero-order valence-corrected chi connectivity index (χ0v) is 12.7. The van der Waals surface area contributed by atoms with Gasteiger partial charge in [0.25, 0.3) is 10.0 Å². The summed E-state index contributed by atoms with van der Waals surface area (Å²) in [5, 5.41) is 1.78. The third-order valence-electron chi connectivity index (χ3n) is 3.12. The Morgan fingerprint density at radius 2 is 2.06 bits per heavy atom. The second-order valence-electron chi connectivity index (χ2n) is 4.41. The van der Waals surface area contributed by atoms with Gasteiger partial charge in [-0.05, 0) is 46.1 Å². The van der Waals surface area contributed by atoms with Gasteiger partial charge in [0.1, 0.15) is 4.21 Å². The van der Waals surface area contributed by atoms with Crippen LogP contribution in [-0.4, -0.2) is 15.0 Å². The van der Waals surface area contributed by atoms with Crippen LogP contribution >= 0.6 is 27.3 Å². The van der Waals surface area contributed by atoms with Crippen LogP contribution in [0.4, 0.5) is 0 Å². The molecule has 1 aliphatic rings. The molecule has 0 amide bonds. The molecule has 96 valence electrons. The number of hydrogen-bond donors (Lipinski definition) is 1.